The van der Waals surface area contributed by atoms with Gasteiger partial charge in [0.05, 0.1) is 24.8 Å². The third-order valence-corrected chi connectivity index (χ3v) is 5.94. The van der Waals surface area contributed by atoms with Gasteiger partial charge in [0.2, 0.25) is 5.95 Å². The second-order valence-electron chi connectivity index (χ2n) is 8.40. The molecule has 3 heterocycles. The molecule has 1 aliphatic rings. The minimum absolute atomic E-state index is 0.100. The maximum absolute atomic E-state index is 9.59. The highest BCUT2D eigenvalue weighted by Gasteiger charge is 2.22. The van der Waals surface area contributed by atoms with E-state index in [-0.39, 0.29) is 6.61 Å². The summed E-state index contributed by atoms with van der Waals surface area (Å²) in [5.74, 6) is 1.75. The maximum atomic E-state index is 9.59. The second kappa shape index (κ2) is 12.5. The Bertz CT molecular complexity index is 1070. The Morgan fingerprint density at radius 2 is 1.94 bits per heavy atom. The normalized spacial score (nSPS) is 15.7. The number of pyridine rings is 1. The summed E-state index contributed by atoms with van der Waals surface area (Å²) in [6.07, 6.45) is 4.63. The molecule has 1 saturated heterocycles. The lowest BCUT2D eigenvalue weighted by molar-refractivity contribution is 0.148. The van der Waals surface area contributed by atoms with E-state index in [9.17, 15) is 5.11 Å². The first-order valence-electron chi connectivity index (χ1n) is 12.1. The number of benzene rings is 1. The first-order chi connectivity index (χ1) is 16.5. The van der Waals surface area contributed by atoms with Gasteiger partial charge in [0.1, 0.15) is 11.6 Å². The molecule has 1 aromatic carbocycles. The number of hydrogen-bond donors (Lipinski definition) is 2. The monoisotopic (exact) mass is 467 g/mol. The van der Waals surface area contributed by atoms with Crippen LogP contribution in [0.4, 0.5) is 11.8 Å². The van der Waals surface area contributed by atoms with Crippen LogP contribution in [-0.2, 0) is 11.3 Å². The first-order valence-corrected chi connectivity index (χ1v) is 12.1. The van der Waals surface area contributed by atoms with E-state index in [1.165, 1.54) is 6.42 Å². The molecule has 3 aromatic rings. The van der Waals surface area contributed by atoms with Crippen LogP contribution in [0.2, 0.25) is 0 Å². The molecule has 0 spiro atoms. The summed E-state index contributed by atoms with van der Waals surface area (Å²) in [6, 6.07) is 9.83. The van der Waals surface area contributed by atoms with Gasteiger partial charge in [0, 0.05) is 36.9 Å². The molecular formula is C26H37N5O3. The molecule has 0 aliphatic carbocycles. The minimum atomic E-state index is -0.100. The molecule has 34 heavy (non-hydrogen) atoms. The van der Waals surface area contributed by atoms with Crippen LogP contribution in [0, 0.1) is 0 Å². The van der Waals surface area contributed by atoms with Gasteiger partial charge in [-0.3, -0.25) is 0 Å². The first kappa shape index (κ1) is 25.6. The molecular weight excluding hydrogens is 430 g/mol. The number of ether oxygens (including phenoxy) is 2. The Hall–Kier alpha value is -2.97. The fraction of sp³-hybridized carbons (Fsp3) is 0.500. The highest BCUT2D eigenvalue weighted by atomic mass is 16.5. The summed E-state index contributed by atoms with van der Waals surface area (Å²) in [5.41, 5.74) is 9.16. The maximum Gasteiger partial charge on any atom is 0.229 e. The van der Waals surface area contributed by atoms with Gasteiger partial charge in [-0.2, -0.15) is 9.97 Å². The second-order valence-corrected chi connectivity index (χ2v) is 8.40. The van der Waals surface area contributed by atoms with Crippen molar-refractivity contribution in [1.82, 2.24) is 15.0 Å². The van der Waals surface area contributed by atoms with Gasteiger partial charge >= 0.3 is 0 Å². The zero-order valence-electron chi connectivity index (χ0n) is 20.8. The van der Waals surface area contributed by atoms with E-state index in [0.29, 0.717) is 34.8 Å². The topological polar surface area (TPSA) is 107 Å². The van der Waals surface area contributed by atoms with Crippen molar-refractivity contribution in [2.45, 2.75) is 59.1 Å². The number of aliphatic hydroxyl groups excluding tert-OH is 1. The van der Waals surface area contributed by atoms with Crippen LogP contribution < -0.4 is 15.4 Å². The van der Waals surface area contributed by atoms with E-state index in [0.717, 1.165) is 55.7 Å². The molecule has 3 N–H and O–H groups in total. The van der Waals surface area contributed by atoms with Crippen molar-refractivity contribution in [2.75, 3.05) is 37.5 Å². The van der Waals surface area contributed by atoms with E-state index in [4.69, 9.17) is 25.2 Å². The fourth-order valence-corrected chi connectivity index (χ4v) is 4.06. The number of rotatable bonds is 7. The number of nitrogens with zero attached hydrogens (tertiary/aromatic N) is 4. The van der Waals surface area contributed by atoms with Gasteiger partial charge in [0.15, 0.2) is 5.65 Å². The summed E-state index contributed by atoms with van der Waals surface area (Å²) >= 11 is 0. The lowest BCUT2D eigenvalue weighted by atomic mass is 10.0. The molecule has 2 aromatic heterocycles. The van der Waals surface area contributed by atoms with Gasteiger partial charge in [0.25, 0.3) is 0 Å². The SMILES string of the molecule is CCCOCC.COc1ccc(-c2ccc3c(N)nc(N4CCCC[C@@H]4C)nc3n2)cc1CO. The molecule has 1 aliphatic heterocycles. The van der Waals surface area contributed by atoms with Crippen molar-refractivity contribution in [3.63, 3.8) is 0 Å². The minimum Gasteiger partial charge on any atom is -0.496 e. The lowest BCUT2D eigenvalue weighted by Gasteiger charge is -2.33. The van der Waals surface area contributed by atoms with Crippen LogP contribution in [0.25, 0.3) is 22.3 Å². The molecule has 0 saturated carbocycles. The predicted molar refractivity (Wildman–Crippen MR) is 137 cm³/mol. The number of fused-ring (bicyclic) bond motifs is 1. The Morgan fingerprint density at radius 1 is 1.12 bits per heavy atom. The molecule has 1 atom stereocenters. The van der Waals surface area contributed by atoms with Crippen LogP contribution >= 0.6 is 0 Å². The number of nitrogens with two attached hydrogens (primary N) is 1. The number of anilines is 2. The summed E-state index contributed by atoms with van der Waals surface area (Å²) in [6.45, 7) is 8.91. The smallest absolute Gasteiger partial charge is 0.229 e. The van der Waals surface area contributed by atoms with E-state index in [1.54, 1.807) is 7.11 Å². The zero-order valence-corrected chi connectivity index (χ0v) is 20.8. The van der Waals surface area contributed by atoms with Gasteiger partial charge in [-0.05, 0) is 69.9 Å². The quantitative estimate of drug-likeness (QED) is 0.486. The van der Waals surface area contributed by atoms with Crippen LogP contribution in [0.5, 0.6) is 5.75 Å². The largest absolute Gasteiger partial charge is 0.496 e. The molecule has 0 amide bonds. The van der Waals surface area contributed by atoms with Crippen molar-refractivity contribution in [3.05, 3.63) is 35.9 Å². The van der Waals surface area contributed by atoms with Crippen molar-refractivity contribution < 1.29 is 14.6 Å². The lowest BCUT2D eigenvalue weighted by Crippen LogP contribution is -2.38. The highest BCUT2D eigenvalue weighted by Crippen LogP contribution is 2.29. The highest BCUT2D eigenvalue weighted by molar-refractivity contribution is 5.88. The van der Waals surface area contributed by atoms with E-state index in [1.807, 2.05) is 37.3 Å². The summed E-state index contributed by atoms with van der Waals surface area (Å²) in [7, 11) is 1.59. The number of nitrogen functional groups attached to an aromatic ring is 1. The molecule has 8 heteroatoms. The Balaban J connectivity index is 0.000000481. The van der Waals surface area contributed by atoms with Crippen molar-refractivity contribution in [1.29, 1.82) is 0 Å². The van der Waals surface area contributed by atoms with Crippen LogP contribution in [-0.4, -0.2) is 53.0 Å². The van der Waals surface area contributed by atoms with Crippen LogP contribution in [0.3, 0.4) is 0 Å². The number of piperidine rings is 1. The Kier molecular flexibility index (Phi) is 9.42. The van der Waals surface area contributed by atoms with E-state index in [2.05, 4.69) is 23.7 Å². The van der Waals surface area contributed by atoms with Gasteiger partial charge in [-0.15, -0.1) is 0 Å². The molecule has 0 unspecified atom stereocenters. The number of aromatic nitrogens is 3. The molecule has 1 fully saturated rings. The van der Waals surface area contributed by atoms with Gasteiger partial charge < -0.3 is 25.2 Å². The van der Waals surface area contributed by atoms with Crippen LogP contribution in [0.1, 0.15) is 52.0 Å². The van der Waals surface area contributed by atoms with Crippen LogP contribution in [0.15, 0.2) is 30.3 Å². The summed E-state index contributed by atoms with van der Waals surface area (Å²) in [4.78, 5) is 16.2. The van der Waals surface area contributed by atoms with Gasteiger partial charge in [-0.25, -0.2) is 4.98 Å². The van der Waals surface area contributed by atoms with Crippen molar-refractivity contribution in [2.24, 2.45) is 0 Å². The average molecular weight is 468 g/mol. The fourth-order valence-electron chi connectivity index (χ4n) is 4.06. The Labute approximate surface area is 202 Å². The van der Waals surface area contributed by atoms with Gasteiger partial charge in [-0.1, -0.05) is 6.92 Å². The van der Waals surface area contributed by atoms with Crippen molar-refractivity contribution >= 4 is 22.8 Å². The average Bonchev–Trinajstić information content (AvgIpc) is 2.87. The molecule has 8 nitrogen and oxygen atoms in total. The number of aliphatic hydroxyl groups is 1. The number of methoxy groups -OCH3 is 1. The van der Waals surface area contributed by atoms with E-state index < -0.39 is 0 Å². The molecule has 4 rings (SSSR count). The summed E-state index contributed by atoms with van der Waals surface area (Å²) in [5, 5.41) is 10.3. The van der Waals surface area contributed by atoms with Crippen molar-refractivity contribution in [3.8, 4) is 17.0 Å². The molecule has 0 bridgehead atoms. The molecule has 0 radical (unpaired) electrons. The standard InChI is InChI=1S/C21H25N5O2.C5H12O/c1-13-5-3-4-10-26(13)21-24-19(22)16-7-8-17(23-20(16)25-21)14-6-9-18(28-2)15(11-14)12-27;1-3-5-6-4-2/h6-9,11,13,27H,3-5,10,12H2,1-2H3,(H2,22,23,24,25);3-5H2,1-2H3/t13-;/m0./s1. The predicted octanol–water partition coefficient (Wildman–Crippen LogP) is 4.59. The molecule has 184 valence electrons. The summed E-state index contributed by atoms with van der Waals surface area (Å²) < 4.78 is 10.3. The Morgan fingerprint density at radius 3 is 2.59 bits per heavy atom. The third-order valence-electron chi connectivity index (χ3n) is 5.94. The van der Waals surface area contributed by atoms with E-state index >= 15 is 0 Å². The third kappa shape index (κ3) is 6.12. The zero-order chi connectivity index (χ0) is 24.5. The number of hydrogen-bond acceptors (Lipinski definition) is 8.